The Morgan fingerprint density at radius 3 is 2.76 bits per heavy atom. The Morgan fingerprint density at radius 2 is 2.12 bits per heavy atom. The van der Waals surface area contributed by atoms with Crippen molar-refractivity contribution in [2.75, 3.05) is 19.4 Å². The number of thioether (sulfide) groups is 1. The number of hydrogen-bond acceptors (Lipinski definition) is 3. The molecule has 1 N–H and O–H groups in total. The van der Waals surface area contributed by atoms with Crippen LogP contribution in [-0.2, 0) is 12.3 Å². The third-order valence-corrected chi connectivity index (χ3v) is 3.49. The summed E-state index contributed by atoms with van der Waals surface area (Å²) in [6, 6.07) is 6.47. The van der Waals surface area contributed by atoms with E-state index < -0.39 is 0 Å². The molecule has 96 valence electrons. The smallest absolute Gasteiger partial charge is 0.122 e. The largest absolute Gasteiger partial charge is 0.496 e. The van der Waals surface area contributed by atoms with E-state index in [0.717, 1.165) is 30.3 Å². The first kappa shape index (κ1) is 14.4. The summed E-state index contributed by atoms with van der Waals surface area (Å²) in [5.74, 6) is 3.17. The first-order chi connectivity index (χ1) is 8.31. The van der Waals surface area contributed by atoms with Gasteiger partial charge in [-0.05, 0) is 36.4 Å². The Bertz CT molecular complexity index is 328. The van der Waals surface area contributed by atoms with E-state index in [9.17, 15) is 0 Å². The average Bonchev–Trinajstić information content (AvgIpc) is 2.37. The van der Waals surface area contributed by atoms with Crippen LogP contribution in [0, 0.1) is 0 Å². The topological polar surface area (TPSA) is 21.3 Å². The number of hydrogen-bond donors (Lipinski definition) is 1. The summed E-state index contributed by atoms with van der Waals surface area (Å²) in [6.07, 6.45) is 1.18. The van der Waals surface area contributed by atoms with Crippen LogP contribution >= 0.6 is 11.8 Å². The van der Waals surface area contributed by atoms with Crippen molar-refractivity contribution in [1.29, 1.82) is 0 Å². The van der Waals surface area contributed by atoms with Gasteiger partial charge in [0.15, 0.2) is 0 Å². The van der Waals surface area contributed by atoms with Gasteiger partial charge in [-0.25, -0.2) is 0 Å². The minimum absolute atomic E-state index is 0.946. The zero-order chi connectivity index (χ0) is 12.5. The second-order valence-corrected chi connectivity index (χ2v) is 5.23. The van der Waals surface area contributed by atoms with Gasteiger partial charge in [-0.3, -0.25) is 0 Å². The average molecular weight is 253 g/mol. The quantitative estimate of drug-likeness (QED) is 0.717. The van der Waals surface area contributed by atoms with E-state index in [1.807, 2.05) is 11.8 Å². The highest BCUT2D eigenvalue weighted by Gasteiger charge is 2.04. The van der Waals surface area contributed by atoms with Gasteiger partial charge in [-0.2, -0.15) is 11.8 Å². The molecule has 17 heavy (non-hydrogen) atoms. The Balaban J connectivity index is 2.66. The molecule has 0 unspecified atom stereocenters. The lowest BCUT2D eigenvalue weighted by atomic mass is 10.1. The summed E-state index contributed by atoms with van der Waals surface area (Å²) in [6.45, 7) is 6.39. The Hall–Kier alpha value is -0.670. The standard InChI is InChI=1S/C14H23NOS/c1-4-8-15-10-12-6-7-14(16-3)13(9-12)11-17-5-2/h6-7,9,15H,4-5,8,10-11H2,1-3H3. The maximum absolute atomic E-state index is 5.39. The Labute approximate surface area is 109 Å². The number of rotatable bonds is 8. The molecule has 2 nitrogen and oxygen atoms in total. The highest BCUT2D eigenvalue weighted by Crippen LogP contribution is 2.24. The van der Waals surface area contributed by atoms with E-state index in [1.165, 1.54) is 17.5 Å². The minimum Gasteiger partial charge on any atom is -0.496 e. The third-order valence-electron chi connectivity index (χ3n) is 2.56. The highest BCUT2D eigenvalue weighted by atomic mass is 32.2. The van der Waals surface area contributed by atoms with Crippen LogP contribution in [0.3, 0.4) is 0 Å². The molecular formula is C14H23NOS. The van der Waals surface area contributed by atoms with E-state index in [4.69, 9.17) is 4.74 Å². The predicted octanol–water partition coefficient (Wildman–Crippen LogP) is 3.45. The maximum atomic E-state index is 5.39. The monoisotopic (exact) mass is 253 g/mol. The molecule has 0 heterocycles. The van der Waals surface area contributed by atoms with Crippen molar-refractivity contribution in [3.63, 3.8) is 0 Å². The summed E-state index contributed by atoms with van der Waals surface area (Å²) in [4.78, 5) is 0. The van der Waals surface area contributed by atoms with Gasteiger partial charge in [0.2, 0.25) is 0 Å². The molecule has 0 amide bonds. The fourth-order valence-corrected chi connectivity index (χ4v) is 2.33. The van der Waals surface area contributed by atoms with Crippen molar-refractivity contribution in [3.05, 3.63) is 29.3 Å². The number of nitrogens with one attached hydrogen (secondary N) is 1. The second-order valence-electron chi connectivity index (χ2n) is 3.96. The minimum atomic E-state index is 0.946. The van der Waals surface area contributed by atoms with Crippen LogP contribution < -0.4 is 10.1 Å². The fraction of sp³-hybridized carbons (Fsp3) is 0.571. The maximum Gasteiger partial charge on any atom is 0.122 e. The van der Waals surface area contributed by atoms with Gasteiger partial charge < -0.3 is 10.1 Å². The lowest BCUT2D eigenvalue weighted by Crippen LogP contribution is -2.13. The van der Waals surface area contributed by atoms with E-state index in [0.29, 0.717) is 0 Å². The fourth-order valence-electron chi connectivity index (χ4n) is 1.68. The first-order valence-corrected chi connectivity index (χ1v) is 7.41. The number of methoxy groups -OCH3 is 1. The first-order valence-electron chi connectivity index (χ1n) is 6.26. The molecule has 1 aromatic rings. The van der Waals surface area contributed by atoms with E-state index in [-0.39, 0.29) is 0 Å². The molecule has 0 radical (unpaired) electrons. The molecule has 0 saturated heterocycles. The van der Waals surface area contributed by atoms with E-state index in [2.05, 4.69) is 37.4 Å². The summed E-state index contributed by atoms with van der Waals surface area (Å²) >= 11 is 1.93. The summed E-state index contributed by atoms with van der Waals surface area (Å²) < 4.78 is 5.39. The van der Waals surface area contributed by atoms with Gasteiger partial charge in [-0.15, -0.1) is 0 Å². The summed E-state index contributed by atoms with van der Waals surface area (Å²) in [5.41, 5.74) is 2.64. The van der Waals surface area contributed by atoms with Gasteiger partial charge in [0.25, 0.3) is 0 Å². The predicted molar refractivity (Wildman–Crippen MR) is 76.8 cm³/mol. The van der Waals surface area contributed by atoms with Crippen LogP contribution in [0.15, 0.2) is 18.2 Å². The van der Waals surface area contributed by atoms with Gasteiger partial charge >= 0.3 is 0 Å². The normalized spacial score (nSPS) is 10.5. The molecule has 1 aromatic carbocycles. The van der Waals surface area contributed by atoms with Crippen molar-refractivity contribution in [3.8, 4) is 5.75 Å². The second kappa shape index (κ2) is 8.43. The Kier molecular flexibility index (Phi) is 7.13. The number of benzene rings is 1. The molecule has 3 heteroatoms. The molecule has 0 aliphatic carbocycles. The van der Waals surface area contributed by atoms with Crippen LogP contribution in [-0.4, -0.2) is 19.4 Å². The van der Waals surface area contributed by atoms with Gasteiger partial charge in [-0.1, -0.05) is 19.9 Å². The van der Waals surface area contributed by atoms with Crippen LogP contribution in [0.4, 0.5) is 0 Å². The van der Waals surface area contributed by atoms with Crippen molar-refractivity contribution in [2.24, 2.45) is 0 Å². The Morgan fingerprint density at radius 1 is 1.29 bits per heavy atom. The van der Waals surface area contributed by atoms with Gasteiger partial charge in [0.1, 0.15) is 5.75 Å². The molecule has 0 aromatic heterocycles. The van der Waals surface area contributed by atoms with Crippen LogP contribution in [0.25, 0.3) is 0 Å². The lowest BCUT2D eigenvalue weighted by molar-refractivity contribution is 0.411. The van der Waals surface area contributed by atoms with Gasteiger partial charge in [0, 0.05) is 17.9 Å². The molecular weight excluding hydrogens is 230 g/mol. The van der Waals surface area contributed by atoms with Crippen molar-refractivity contribution >= 4 is 11.8 Å². The summed E-state index contributed by atoms with van der Waals surface area (Å²) in [5, 5.41) is 3.42. The molecule has 0 fully saturated rings. The molecule has 1 rings (SSSR count). The van der Waals surface area contributed by atoms with Crippen molar-refractivity contribution in [1.82, 2.24) is 5.32 Å². The molecule has 0 atom stereocenters. The van der Waals surface area contributed by atoms with Crippen LogP contribution in [0.2, 0.25) is 0 Å². The van der Waals surface area contributed by atoms with Crippen molar-refractivity contribution in [2.45, 2.75) is 32.6 Å². The van der Waals surface area contributed by atoms with Crippen molar-refractivity contribution < 1.29 is 4.74 Å². The zero-order valence-electron chi connectivity index (χ0n) is 11.1. The van der Waals surface area contributed by atoms with Crippen LogP contribution in [0.1, 0.15) is 31.4 Å². The zero-order valence-corrected chi connectivity index (χ0v) is 11.9. The lowest BCUT2D eigenvalue weighted by Gasteiger charge is -2.11. The molecule has 0 saturated carbocycles. The number of ether oxygens (including phenoxy) is 1. The third kappa shape index (κ3) is 5.00. The SMILES string of the molecule is CCCNCc1ccc(OC)c(CSCC)c1. The molecule has 0 aliphatic rings. The van der Waals surface area contributed by atoms with Gasteiger partial charge in [0.05, 0.1) is 7.11 Å². The highest BCUT2D eigenvalue weighted by molar-refractivity contribution is 7.98. The summed E-state index contributed by atoms with van der Waals surface area (Å²) in [7, 11) is 1.74. The molecule has 0 bridgehead atoms. The van der Waals surface area contributed by atoms with Crippen LogP contribution in [0.5, 0.6) is 5.75 Å². The van der Waals surface area contributed by atoms with E-state index >= 15 is 0 Å². The molecule has 0 aliphatic heterocycles. The van der Waals surface area contributed by atoms with E-state index in [1.54, 1.807) is 7.11 Å². The molecule has 0 spiro atoms.